The Morgan fingerprint density at radius 2 is 1.80 bits per heavy atom. The molecule has 2 aromatic carbocycles. The summed E-state index contributed by atoms with van der Waals surface area (Å²) in [6.07, 6.45) is -0.842. The minimum Gasteiger partial charge on any atom is -0.452 e. The van der Waals surface area contributed by atoms with E-state index >= 15 is 0 Å². The summed E-state index contributed by atoms with van der Waals surface area (Å²) in [4.78, 5) is 24.2. The first-order valence-electron chi connectivity index (χ1n) is 7.78. The number of hydrogen-bond acceptors (Lipinski definition) is 3. The Balaban J connectivity index is 1.94. The van der Waals surface area contributed by atoms with Crippen molar-refractivity contribution in [3.05, 3.63) is 63.1 Å². The fraction of sp³-hybridized carbons (Fsp3) is 0.263. The lowest BCUT2D eigenvalue weighted by atomic mass is 10.0. The third kappa shape index (κ3) is 5.48. The number of esters is 1. The molecule has 6 heteroatoms. The molecular weight excluding hydrogens is 361 g/mol. The van der Waals surface area contributed by atoms with Gasteiger partial charge in [0.05, 0.1) is 17.1 Å². The summed E-state index contributed by atoms with van der Waals surface area (Å²) in [6, 6.07) is 10.5. The average Bonchev–Trinajstić information content (AvgIpc) is 2.54. The maximum atomic E-state index is 12.2. The lowest BCUT2D eigenvalue weighted by Gasteiger charge is -2.14. The Kier molecular flexibility index (Phi) is 6.45. The van der Waals surface area contributed by atoms with E-state index in [2.05, 4.69) is 5.32 Å². The minimum absolute atomic E-state index is 0.108. The van der Waals surface area contributed by atoms with E-state index in [1.54, 1.807) is 12.1 Å². The summed E-state index contributed by atoms with van der Waals surface area (Å²) in [6.45, 7) is 5.49. The van der Waals surface area contributed by atoms with Gasteiger partial charge in [-0.15, -0.1) is 0 Å². The van der Waals surface area contributed by atoms with Gasteiger partial charge in [0.15, 0.2) is 6.10 Å². The van der Waals surface area contributed by atoms with Crippen molar-refractivity contribution in [2.24, 2.45) is 0 Å². The van der Waals surface area contributed by atoms with Gasteiger partial charge in [0.1, 0.15) is 0 Å². The third-order valence-corrected chi connectivity index (χ3v) is 4.35. The molecule has 1 atom stereocenters. The van der Waals surface area contributed by atoms with Crippen LogP contribution in [0.25, 0.3) is 0 Å². The Hall–Kier alpha value is -2.04. The van der Waals surface area contributed by atoms with Gasteiger partial charge in [-0.3, -0.25) is 9.59 Å². The first-order valence-corrected chi connectivity index (χ1v) is 8.53. The second-order valence-corrected chi connectivity index (χ2v) is 6.68. The van der Waals surface area contributed by atoms with Crippen molar-refractivity contribution >= 4 is 40.8 Å². The number of nitrogens with one attached hydrogen (secondary N) is 1. The van der Waals surface area contributed by atoms with Crippen LogP contribution in [0.4, 0.5) is 5.69 Å². The number of rotatable bonds is 5. The average molecular weight is 380 g/mol. The zero-order valence-electron chi connectivity index (χ0n) is 14.2. The van der Waals surface area contributed by atoms with Crippen LogP contribution in [-0.2, 0) is 20.7 Å². The van der Waals surface area contributed by atoms with Crippen LogP contribution < -0.4 is 5.32 Å². The molecule has 0 saturated carbocycles. The molecule has 2 rings (SSSR count). The predicted octanol–water partition coefficient (Wildman–Crippen LogP) is 4.72. The van der Waals surface area contributed by atoms with Crippen molar-refractivity contribution in [3.63, 3.8) is 0 Å². The van der Waals surface area contributed by atoms with Gasteiger partial charge in [-0.25, -0.2) is 0 Å². The number of benzene rings is 2. The highest BCUT2D eigenvalue weighted by Gasteiger charge is 2.19. The highest BCUT2D eigenvalue weighted by molar-refractivity contribution is 6.35. The van der Waals surface area contributed by atoms with Gasteiger partial charge in [0.25, 0.3) is 5.91 Å². The molecule has 0 spiro atoms. The number of ether oxygens (including phenoxy) is 1. The van der Waals surface area contributed by atoms with Gasteiger partial charge in [0, 0.05) is 5.02 Å². The minimum atomic E-state index is -0.950. The molecule has 0 unspecified atom stereocenters. The van der Waals surface area contributed by atoms with E-state index in [1.807, 2.05) is 32.0 Å². The fourth-order valence-corrected chi connectivity index (χ4v) is 2.54. The summed E-state index contributed by atoms with van der Waals surface area (Å²) >= 11 is 11.9. The number of halogens is 2. The molecule has 0 aliphatic heterocycles. The fourth-order valence-electron chi connectivity index (χ4n) is 2.20. The quantitative estimate of drug-likeness (QED) is 0.764. The van der Waals surface area contributed by atoms with Gasteiger partial charge in [-0.2, -0.15) is 0 Å². The molecule has 0 aliphatic carbocycles. The Labute approximate surface area is 157 Å². The number of aryl methyl sites for hydroxylation is 2. The molecule has 1 N–H and O–H groups in total. The maximum Gasteiger partial charge on any atom is 0.311 e. The number of carbonyl (C=O) groups is 2. The van der Waals surface area contributed by atoms with Crippen LogP contribution in [0.15, 0.2) is 36.4 Å². The predicted molar refractivity (Wildman–Crippen MR) is 100 cm³/mol. The highest BCUT2D eigenvalue weighted by atomic mass is 35.5. The first kappa shape index (κ1) is 19.3. The number of carbonyl (C=O) groups excluding carboxylic acids is 2. The van der Waals surface area contributed by atoms with Gasteiger partial charge in [-0.1, -0.05) is 41.4 Å². The summed E-state index contributed by atoms with van der Waals surface area (Å²) in [5.41, 5.74) is 3.48. The van der Waals surface area contributed by atoms with Crippen molar-refractivity contribution in [2.75, 3.05) is 5.32 Å². The molecule has 132 valence electrons. The van der Waals surface area contributed by atoms with E-state index in [-0.39, 0.29) is 6.42 Å². The van der Waals surface area contributed by atoms with E-state index < -0.39 is 18.0 Å². The van der Waals surface area contributed by atoms with E-state index in [0.29, 0.717) is 15.7 Å². The third-order valence-electron chi connectivity index (χ3n) is 3.78. The SMILES string of the molecule is Cc1ccc(CC(=O)O[C@@H](C)C(=O)Nc2cc(Cl)ccc2Cl)cc1C. The maximum absolute atomic E-state index is 12.2. The number of hydrogen-bond donors (Lipinski definition) is 1. The topological polar surface area (TPSA) is 55.4 Å². The van der Waals surface area contributed by atoms with Crippen LogP contribution in [0.3, 0.4) is 0 Å². The summed E-state index contributed by atoms with van der Waals surface area (Å²) in [5, 5.41) is 3.40. The lowest BCUT2D eigenvalue weighted by Crippen LogP contribution is -2.30. The zero-order chi connectivity index (χ0) is 18.6. The van der Waals surface area contributed by atoms with Crippen molar-refractivity contribution < 1.29 is 14.3 Å². The first-order chi connectivity index (χ1) is 11.8. The second kappa shape index (κ2) is 8.37. The Bertz CT molecular complexity index is 805. The molecule has 0 aliphatic rings. The molecule has 0 heterocycles. The molecule has 1 amide bonds. The van der Waals surface area contributed by atoms with Gasteiger partial charge < -0.3 is 10.1 Å². The van der Waals surface area contributed by atoms with Crippen molar-refractivity contribution in [2.45, 2.75) is 33.3 Å². The smallest absolute Gasteiger partial charge is 0.311 e. The van der Waals surface area contributed by atoms with E-state index in [4.69, 9.17) is 27.9 Å². The van der Waals surface area contributed by atoms with E-state index in [9.17, 15) is 9.59 Å². The van der Waals surface area contributed by atoms with Crippen molar-refractivity contribution in [1.29, 1.82) is 0 Å². The highest BCUT2D eigenvalue weighted by Crippen LogP contribution is 2.25. The number of anilines is 1. The number of amides is 1. The van der Waals surface area contributed by atoms with Crippen LogP contribution >= 0.6 is 23.2 Å². The second-order valence-electron chi connectivity index (χ2n) is 5.84. The molecule has 0 radical (unpaired) electrons. The van der Waals surface area contributed by atoms with Gasteiger partial charge >= 0.3 is 5.97 Å². The van der Waals surface area contributed by atoms with Crippen LogP contribution in [0.1, 0.15) is 23.6 Å². The molecule has 4 nitrogen and oxygen atoms in total. The summed E-state index contributed by atoms with van der Waals surface area (Å²) in [7, 11) is 0. The van der Waals surface area contributed by atoms with E-state index in [0.717, 1.165) is 16.7 Å². The Morgan fingerprint density at radius 1 is 1.08 bits per heavy atom. The summed E-state index contributed by atoms with van der Waals surface area (Å²) in [5.74, 6) is -0.944. The van der Waals surface area contributed by atoms with Crippen LogP contribution in [0.5, 0.6) is 0 Å². The van der Waals surface area contributed by atoms with Crippen LogP contribution in [0.2, 0.25) is 10.0 Å². The molecule has 0 saturated heterocycles. The molecule has 0 aromatic heterocycles. The lowest BCUT2D eigenvalue weighted by molar-refractivity contribution is -0.152. The standard InChI is InChI=1S/C19H19Cl2NO3/c1-11-4-5-14(8-12(11)2)9-18(23)25-13(3)19(24)22-17-10-15(20)6-7-16(17)21/h4-8,10,13H,9H2,1-3H3,(H,22,24)/t13-/m0/s1. The van der Waals surface area contributed by atoms with Crippen LogP contribution in [-0.4, -0.2) is 18.0 Å². The van der Waals surface area contributed by atoms with Gasteiger partial charge in [-0.05, 0) is 55.7 Å². The van der Waals surface area contributed by atoms with Gasteiger partial charge in [0.2, 0.25) is 0 Å². The van der Waals surface area contributed by atoms with Crippen LogP contribution in [0, 0.1) is 13.8 Å². The zero-order valence-corrected chi connectivity index (χ0v) is 15.7. The Morgan fingerprint density at radius 3 is 2.48 bits per heavy atom. The molecular formula is C19H19Cl2NO3. The van der Waals surface area contributed by atoms with E-state index in [1.165, 1.54) is 13.0 Å². The largest absolute Gasteiger partial charge is 0.452 e. The normalized spacial score (nSPS) is 11.7. The molecule has 2 aromatic rings. The molecule has 0 bridgehead atoms. The monoisotopic (exact) mass is 379 g/mol. The van der Waals surface area contributed by atoms with Crippen molar-refractivity contribution in [3.8, 4) is 0 Å². The van der Waals surface area contributed by atoms with Crippen molar-refractivity contribution in [1.82, 2.24) is 0 Å². The molecule has 0 fully saturated rings. The molecule has 25 heavy (non-hydrogen) atoms. The summed E-state index contributed by atoms with van der Waals surface area (Å²) < 4.78 is 5.20.